The van der Waals surface area contributed by atoms with E-state index < -0.39 is 0 Å². The molecular formula is C24H23N5O3. The van der Waals surface area contributed by atoms with E-state index in [9.17, 15) is 4.79 Å². The fourth-order valence-electron chi connectivity index (χ4n) is 3.83. The summed E-state index contributed by atoms with van der Waals surface area (Å²) < 4.78 is 12.7. The number of hydrogen-bond donors (Lipinski definition) is 1. The van der Waals surface area contributed by atoms with Crippen LogP contribution in [0.5, 0.6) is 5.75 Å². The highest BCUT2D eigenvalue weighted by atomic mass is 16.5. The molecule has 1 aliphatic heterocycles. The smallest absolute Gasteiger partial charge is 0.254 e. The van der Waals surface area contributed by atoms with Crippen LogP contribution >= 0.6 is 0 Å². The molecule has 162 valence electrons. The van der Waals surface area contributed by atoms with Gasteiger partial charge in [-0.3, -0.25) is 4.79 Å². The number of para-hydroxylation sites is 1. The lowest BCUT2D eigenvalue weighted by molar-refractivity contribution is 0.0303. The summed E-state index contributed by atoms with van der Waals surface area (Å²) in [7, 11) is 1.65. The van der Waals surface area contributed by atoms with E-state index >= 15 is 0 Å². The number of nitrogens with zero attached hydrogens (tertiary/aromatic N) is 4. The summed E-state index contributed by atoms with van der Waals surface area (Å²) in [5.41, 5.74) is 4.08. The van der Waals surface area contributed by atoms with Gasteiger partial charge in [-0.2, -0.15) is 0 Å². The number of rotatable bonds is 5. The molecule has 0 bridgehead atoms. The van der Waals surface area contributed by atoms with Gasteiger partial charge in [0.15, 0.2) is 0 Å². The summed E-state index contributed by atoms with van der Waals surface area (Å²) in [5, 5.41) is 7.90. The number of benzene rings is 2. The molecule has 1 saturated heterocycles. The minimum absolute atomic E-state index is 0.00260. The fraction of sp³-hybridized carbons (Fsp3) is 0.208. The van der Waals surface area contributed by atoms with Crippen LogP contribution in [0.4, 0.5) is 11.6 Å². The Balaban J connectivity index is 1.43. The summed E-state index contributed by atoms with van der Waals surface area (Å²) in [5.74, 6) is 1.20. The highest BCUT2D eigenvalue weighted by Gasteiger charge is 2.19. The van der Waals surface area contributed by atoms with Gasteiger partial charge >= 0.3 is 0 Å². The summed E-state index contributed by atoms with van der Waals surface area (Å²) in [4.78, 5) is 19.0. The number of anilines is 2. The predicted molar refractivity (Wildman–Crippen MR) is 121 cm³/mol. The summed E-state index contributed by atoms with van der Waals surface area (Å²) in [6.07, 6.45) is 1.76. The topological polar surface area (TPSA) is 81.0 Å². The Morgan fingerprint density at radius 3 is 2.75 bits per heavy atom. The minimum Gasteiger partial charge on any atom is -0.496 e. The number of methoxy groups -OCH3 is 1. The summed E-state index contributed by atoms with van der Waals surface area (Å²) in [6, 6.07) is 19.2. The molecule has 5 rings (SSSR count). The van der Waals surface area contributed by atoms with Crippen molar-refractivity contribution in [2.45, 2.75) is 0 Å². The largest absolute Gasteiger partial charge is 0.496 e. The first-order valence-electron chi connectivity index (χ1n) is 10.5. The van der Waals surface area contributed by atoms with Crippen molar-refractivity contribution in [3.63, 3.8) is 0 Å². The van der Waals surface area contributed by atoms with Crippen molar-refractivity contribution in [2.75, 3.05) is 38.7 Å². The molecule has 32 heavy (non-hydrogen) atoms. The standard InChI is InChI=1S/C24H23N5O3/c1-31-22-8-3-2-7-20(22)21-10-9-19-16-25-24(27-29(19)21)26-18-6-4-5-17(15-18)23(30)28-11-13-32-14-12-28/h2-10,15-16H,11-14H2,1H3,(H,26,27). The maximum Gasteiger partial charge on any atom is 0.254 e. The molecule has 8 nitrogen and oxygen atoms in total. The minimum atomic E-state index is -0.00260. The van der Waals surface area contributed by atoms with Crippen LogP contribution in [0.1, 0.15) is 10.4 Å². The number of nitrogens with one attached hydrogen (secondary N) is 1. The average molecular weight is 429 g/mol. The first-order valence-corrected chi connectivity index (χ1v) is 10.5. The molecule has 8 heteroatoms. The first kappa shape index (κ1) is 20.0. The number of carbonyl (C=O) groups is 1. The third-order valence-corrected chi connectivity index (χ3v) is 5.45. The zero-order valence-electron chi connectivity index (χ0n) is 17.7. The van der Waals surface area contributed by atoms with Crippen LogP contribution in [0, 0.1) is 0 Å². The Hall–Kier alpha value is -3.91. The normalized spacial score (nSPS) is 13.8. The molecule has 2 aromatic carbocycles. The lowest BCUT2D eigenvalue weighted by Gasteiger charge is -2.27. The molecule has 2 aromatic heterocycles. The van der Waals surface area contributed by atoms with Crippen LogP contribution in [0.2, 0.25) is 0 Å². The van der Waals surface area contributed by atoms with E-state index in [0.717, 1.165) is 28.2 Å². The molecule has 0 unspecified atom stereocenters. The van der Waals surface area contributed by atoms with Crippen molar-refractivity contribution in [1.29, 1.82) is 0 Å². The number of morpholine rings is 1. The Labute approximate surface area is 185 Å². The van der Waals surface area contributed by atoms with E-state index in [1.807, 2.05) is 70.1 Å². The zero-order chi connectivity index (χ0) is 21.9. The summed E-state index contributed by atoms with van der Waals surface area (Å²) in [6.45, 7) is 2.36. The third kappa shape index (κ3) is 3.88. The second-order valence-corrected chi connectivity index (χ2v) is 7.45. The van der Waals surface area contributed by atoms with E-state index in [4.69, 9.17) is 9.47 Å². The molecule has 0 radical (unpaired) electrons. The number of hydrogen-bond acceptors (Lipinski definition) is 6. The van der Waals surface area contributed by atoms with Crippen molar-refractivity contribution in [3.8, 4) is 17.0 Å². The highest BCUT2D eigenvalue weighted by molar-refractivity contribution is 5.95. The molecule has 0 spiro atoms. The summed E-state index contributed by atoms with van der Waals surface area (Å²) >= 11 is 0. The van der Waals surface area contributed by atoms with Gasteiger partial charge in [0.2, 0.25) is 5.95 Å². The van der Waals surface area contributed by atoms with Crippen LogP contribution in [-0.4, -0.2) is 58.8 Å². The molecule has 3 heterocycles. The van der Waals surface area contributed by atoms with Gasteiger partial charge in [-0.05, 0) is 42.5 Å². The van der Waals surface area contributed by atoms with Gasteiger partial charge in [0.05, 0.1) is 37.7 Å². The Kier molecular flexibility index (Phi) is 5.43. The van der Waals surface area contributed by atoms with Crippen molar-refractivity contribution < 1.29 is 14.3 Å². The van der Waals surface area contributed by atoms with Crippen molar-refractivity contribution in [1.82, 2.24) is 19.5 Å². The van der Waals surface area contributed by atoms with Crippen LogP contribution in [0.3, 0.4) is 0 Å². The molecule has 1 aliphatic rings. The van der Waals surface area contributed by atoms with Crippen LogP contribution < -0.4 is 10.1 Å². The highest BCUT2D eigenvalue weighted by Crippen LogP contribution is 2.30. The first-order chi connectivity index (χ1) is 15.7. The Morgan fingerprint density at radius 1 is 1.06 bits per heavy atom. The average Bonchev–Trinajstić information content (AvgIpc) is 3.27. The molecular weight excluding hydrogens is 406 g/mol. The van der Waals surface area contributed by atoms with Gasteiger partial charge in [-0.25, -0.2) is 9.50 Å². The molecule has 0 aliphatic carbocycles. The molecule has 1 amide bonds. The maximum absolute atomic E-state index is 12.8. The lowest BCUT2D eigenvalue weighted by Crippen LogP contribution is -2.40. The molecule has 0 saturated carbocycles. The van der Waals surface area contributed by atoms with Crippen molar-refractivity contribution in [2.24, 2.45) is 0 Å². The van der Waals surface area contributed by atoms with E-state index in [-0.39, 0.29) is 5.91 Å². The molecule has 1 fully saturated rings. The van der Waals surface area contributed by atoms with Crippen molar-refractivity contribution in [3.05, 3.63) is 72.4 Å². The number of aromatic nitrogens is 3. The van der Waals surface area contributed by atoms with Gasteiger partial charge < -0.3 is 19.7 Å². The SMILES string of the molecule is COc1ccccc1-c1ccc2cnc(Nc3cccc(C(=O)N4CCOCC4)c3)nn12. The number of fused-ring (bicyclic) bond motifs is 1. The molecule has 1 N–H and O–H groups in total. The van der Waals surface area contributed by atoms with E-state index in [0.29, 0.717) is 37.8 Å². The Bertz CT molecular complexity index is 1260. The predicted octanol–water partition coefficient (Wildman–Crippen LogP) is 3.62. The fourth-order valence-corrected chi connectivity index (χ4v) is 3.83. The van der Waals surface area contributed by atoms with E-state index in [2.05, 4.69) is 15.4 Å². The Morgan fingerprint density at radius 2 is 1.91 bits per heavy atom. The second kappa shape index (κ2) is 8.68. The van der Waals surface area contributed by atoms with Gasteiger partial charge in [0.1, 0.15) is 5.75 Å². The van der Waals surface area contributed by atoms with E-state index in [1.165, 1.54) is 0 Å². The van der Waals surface area contributed by atoms with Crippen molar-refractivity contribution >= 4 is 23.1 Å². The lowest BCUT2D eigenvalue weighted by atomic mass is 10.1. The molecule has 0 atom stereocenters. The quantitative estimate of drug-likeness (QED) is 0.522. The number of carbonyl (C=O) groups excluding carboxylic acids is 1. The van der Waals surface area contributed by atoms with Crippen LogP contribution in [0.15, 0.2) is 66.9 Å². The van der Waals surface area contributed by atoms with Gasteiger partial charge in [0, 0.05) is 29.9 Å². The van der Waals surface area contributed by atoms with Gasteiger partial charge in [0.25, 0.3) is 5.91 Å². The number of amides is 1. The zero-order valence-corrected chi connectivity index (χ0v) is 17.7. The van der Waals surface area contributed by atoms with Crippen LogP contribution in [-0.2, 0) is 4.74 Å². The monoisotopic (exact) mass is 429 g/mol. The third-order valence-electron chi connectivity index (χ3n) is 5.45. The van der Waals surface area contributed by atoms with Crippen LogP contribution in [0.25, 0.3) is 16.8 Å². The van der Waals surface area contributed by atoms with E-state index in [1.54, 1.807) is 13.3 Å². The van der Waals surface area contributed by atoms with Gasteiger partial charge in [-0.15, -0.1) is 5.10 Å². The van der Waals surface area contributed by atoms with Gasteiger partial charge in [-0.1, -0.05) is 18.2 Å². The number of ether oxygens (including phenoxy) is 2. The second-order valence-electron chi connectivity index (χ2n) is 7.45. The molecule has 4 aromatic rings. The maximum atomic E-state index is 12.8.